The normalized spacial score (nSPS) is 21.6. The summed E-state index contributed by atoms with van der Waals surface area (Å²) in [5, 5.41) is 0. The number of carbonyl (C=O) groups excluding carboxylic acids is 1. The van der Waals surface area contributed by atoms with Crippen molar-refractivity contribution in [1.29, 1.82) is 0 Å². The van der Waals surface area contributed by atoms with Crippen LogP contribution in [0, 0.1) is 5.92 Å². The van der Waals surface area contributed by atoms with E-state index in [0.29, 0.717) is 12.5 Å². The van der Waals surface area contributed by atoms with E-state index in [4.69, 9.17) is 4.74 Å². The molecule has 0 N–H and O–H groups in total. The molecule has 1 aliphatic heterocycles. The Hall–Kier alpha value is -1.51. The van der Waals surface area contributed by atoms with Crippen LogP contribution in [0.25, 0.3) is 0 Å². The predicted molar refractivity (Wildman–Crippen MR) is 78.0 cm³/mol. The molecule has 1 heterocycles. The summed E-state index contributed by atoms with van der Waals surface area (Å²) in [6, 6.07) is 10.4. The van der Waals surface area contributed by atoms with Crippen molar-refractivity contribution < 1.29 is 9.53 Å². The first-order valence-corrected chi connectivity index (χ1v) is 7.22. The summed E-state index contributed by atoms with van der Waals surface area (Å²) in [5.41, 5.74) is 1.20. The summed E-state index contributed by atoms with van der Waals surface area (Å²) in [6.45, 7) is 9.26. The fourth-order valence-electron chi connectivity index (χ4n) is 2.52. The molecule has 0 aliphatic carbocycles. The minimum Gasteiger partial charge on any atom is -0.450 e. The molecule has 1 aliphatic rings. The van der Waals surface area contributed by atoms with Gasteiger partial charge in [0.2, 0.25) is 0 Å². The van der Waals surface area contributed by atoms with E-state index in [1.165, 1.54) is 5.56 Å². The molecule has 2 atom stereocenters. The van der Waals surface area contributed by atoms with Gasteiger partial charge in [0.25, 0.3) is 0 Å². The quantitative estimate of drug-likeness (QED) is 0.798. The molecule has 0 radical (unpaired) electrons. The highest BCUT2D eigenvalue weighted by Gasteiger charge is 2.36. The lowest BCUT2D eigenvalue weighted by molar-refractivity contribution is 0.0993. The molecule has 1 amide bonds. The summed E-state index contributed by atoms with van der Waals surface area (Å²) in [6.07, 6.45) is 0.851. The maximum Gasteiger partial charge on any atom is 0.410 e. The van der Waals surface area contributed by atoms with Gasteiger partial charge >= 0.3 is 6.09 Å². The molecular weight excluding hydrogens is 238 g/mol. The third kappa shape index (κ3) is 3.72. The van der Waals surface area contributed by atoms with Crippen molar-refractivity contribution in [3.8, 4) is 0 Å². The standard InChI is InChI=1S/C14H19NO2.C2H6/c1-3-17-14(16)15-10-9-11(2)13(15)12-7-5-4-6-8-12;1-2/h4-8,11,13H,3,9-10H2,1-2H3;1-2H3. The number of rotatable bonds is 2. The van der Waals surface area contributed by atoms with Crippen molar-refractivity contribution in [1.82, 2.24) is 4.90 Å². The zero-order valence-electron chi connectivity index (χ0n) is 12.4. The predicted octanol–water partition coefficient (Wildman–Crippen LogP) is 4.25. The zero-order chi connectivity index (χ0) is 14.3. The van der Waals surface area contributed by atoms with Gasteiger partial charge in [0.1, 0.15) is 0 Å². The second kappa shape index (κ2) is 7.82. The molecule has 0 bridgehead atoms. The van der Waals surface area contributed by atoms with Crippen LogP contribution < -0.4 is 0 Å². The van der Waals surface area contributed by atoms with Gasteiger partial charge in [-0.3, -0.25) is 0 Å². The Bertz CT molecular complexity index is 378. The van der Waals surface area contributed by atoms with E-state index in [1.807, 2.05) is 43.9 Å². The molecule has 1 aromatic carbocycles. The number of hydrogen-bond acceptors (Lipinski definition) is 2. The van der Waals surface area contributed by atoms with E-state index in [0.717, 1.165) is 13.0 Å². The molecule has 3 nitrogen and oxygen atoms in total. The number of benzene rings is 1. The average molecular weight is 263 g/mol. The van der Waals surface area contributed by atoms with Crippen LogP contribution in [0.1, 0.15) is 45.7 Å². The molecule has 1 fully saturated rings. The van der Waals surface area contributed by atoms with Crippen molar-refractivity contribution in [2.75, 3.05) is 13.2 Å². The Kier molecular flexibility index (Phi) is 6.40. The number of ether oxygens (including phenoxy) is 1. The average Bonchev–Trinajstić information content (AvgIpc) is 2.84. The van der Waals surface area contributed by atoms with Gasteiger partial charge in [-0.1, -0.05) is 51.1 Å². The van der Waals surface area contributed by atoms with Crippen molar-refractivity contribution in [2.24, 2.45) is 5.92 Å². The van der Waals surface area contributed by atoms with Crippen molar-refractivity contribution in [3.63, 3.8) is 0 Å². The van der Waals surface area contributed by atoms with E-state index >= 15 is 0 Å². The molecule has 1 saturated heterocycles. The Balaban J connectivity index is 0.000000861. The van der Waals surface area contributed by atoms with Crippen LogP contribution in [0.2, 0.25) is 0 Å². The first kappa shape index (κ1) is 15.5. The molecule has 106 valence electrons. The molecule has 2 unspecified atom stereocenters. The van der Waals surface area contributed by atoms with E-state index in [1.54, 1.807) is 0 Å². The van der Waals surface area contributed by atoms with Gasteiger partial charge in [0, 0.05) is 6.54 Å². The molecule has 19 heavy (non-hydrogen) atoms. The topological polar surface area (TPSA) is 29.5 Å². The number of nitrogens with zero attached hydrogens (tertiary/aromatic N) is 1. The minimum atomic E-state index is -0.189. The molecule has 2 rings (SSSR count). The number of amides is 1. The van der Waals surface area contributed by atoms with Crippen LogP contribution in [0.4, 0.5) is 4.79 Å². The Morgan fingerprint density at radius 1 is 1.32 bits per heavy atom. The van der Waals surface area contributed by atoms with E-state index in [-0.39, 0.29) is 12.1 Å². The van der Waals surface area contributed by atoms with Crippen LogP contribution >= 0.6 is 0 Å². The first-order valence-electron chi connectivity index (χ1n) is 7.22. The summed E-state index contributed by atoms with van der Waals surface area (Å²) in [7, 11) is 0. The van der Waals surface area contributed by atoms with Crippen LogP contribution in [-0.2, 0) is 4.74 Å². The molecular formula is C16H25NO2. The van der Waals surface area contributed by atoms with Crippen LogP contribution in [-0.4, -0.2) is 24.1 Å². The highest BCUT2D eigenvalue weighted by molar-refractivity contribution is 5.68. The molecule has 0 saturated carbocycles. The van der Waals surface area contributed by atoms with E-state index < -0.39 is 0 Å². The number of hydrogen-bond donors (Lipinski definition) is 0. The van der Waals surface area contributed by atoms with Crippen molar-refractivity contribution in [2.45, 2.75) is 40.2 Å². The first-order chi connectivity index (χ1) is 9.24. The Labute approximate surface area is 116 Å². The summed E-state index contributed by atoms with van der Waals surface area (Å²) < 4.78 is 5.11. The lowest BCUT2D eigenvalue weighted by Gasteiger charge is -2.26. The van der Waals surface area contributed by atoms with Crippen LogP contribution in [0.15, 0.2) is 30.3 Å². The Morgan fingerprint density at radius 3 is 2.53 bits per heavy atom. The molecule has 0 spiro atoms. The van der Waals surface area contributed by atoms with Crippen LogP contribution in [0.5, 0.6) is 0 Å². The second-order valence-electron chi connectivity index (χ2n) is 4.51. The summed E-state index contributed by atoms with van der Waals surface area (Å²) in [5.74, 6) is 0.488. The fourth-order valence-corrected chi connectivity index (χ4v) is 2.52. The highest BCUT2D eigenvalue weighted by atomic mass is 16.6. The van der Waals surface area contributed by atoms with Gasteiger partial charge in [-0.25, -0.2) is 4.79 Å². The van der Waals surface area contributed by atoms with Gasteiger partial charge in [-0.05, 0) is 24.8 Å². The monoisotopic (exact) mass is 263 g/mol. The van der Waals surface area contributed by atoms with Gasteiger partial charge in [-0.15, -0.1) is 0 Å². The minimum absolute atomic E-state index is 0.162. The molecule has 1 aromatic rings. The van der Waals surface area contributed by atoms with E-state index in [2.05, 4.69) is 19.1 Å². The van der Waals surface area contributed by atoms with E-state index in [9.17, 15) is 4.79 Å². The zero-order valence-corrected chi connectivity index (χ0v) is 12.4. The van der Waals surface area contributed by atoms with Crippen LogP contribution in [0.3, 0.4) is 0 Å². The third-order valence-electron chi connectivity index (χ3n) is 3.34. The maximum absolute atomic E-state index is 11.9. The SMILES string of the molecule is CC.CCOC(=O)N1CCC(C)C1c1ccccc1. The number of carbonyl (C=O) groups is 1. The maximum atomic E-state index is 11.9. The van der Waals surface area contributed by atoms with Crippen molar-refractivity contribution >= 4 is 6.09 Å². The lowest BCUT2D eigenvalue weighted by atomic mass is 9.96. The number of likely N-dealkylation sites (tertiary alicyclic amines) is 1. The van der Waals surface area contributed by atoms with Crippen molar-refractivity contribution in [3.05, 3.63) is 35.9 Å². The van der Waals surface area contributed by atoms with Gasteiger partial charge < -0.3 is 9.64 Å². The fraction of sp³-hybridized carbons (Fsp3) is 0.562. The Morgan fingerprint density at radius 2 is 1.95 bits per heavy atom. The lowest BCUT2D eigenvalue weighted by Crippen LogP contribution is -2.32. The largest absolute Gasteiger partial charge is 0.450 e. The molecule has 0 aromatic heterocycles. The second-order valence-corrected chi connectivity index (χ2v) is 4.51. The summed E-state index contributed by atoms with van der Waals surface area (Å²) >= 11 is 0. The smallest absolute Gasteiger partial charge is 0.410 e. The summed E-state index contributed by atoms with van der Waals surface area (Å²) in [4.78, 5) is 13.7. The third-order valence-corrected chi connectivity index (χ3v) is 3.34. The van der Waals surface area contributed by atoms with Gasteiger partial charge in [0.15, 0.2) is 0 Å². The van der Waals surface area contributed by atoms with Gasteiger partial charge in [0.05, 0.1) is 12.6 Å². The highest BCUT2D eigenvalue weighted by Crippen LogP contribution is 2.37. The molecule has 3 heteroatoms. The van der Waals surface area contributed by atoms with Gasteiger partial charge in [-0.2, -0.15) is 0 Å².